The topological polar surface area (TPSA) is 13.0 Å². The van der Waals surface area contributed by atoms with Crippen LogP contribution in [0.25, 0.3) is 33.4 Å². The second-order valence-corrected chi connectivity index (χ2v) is 22.9. The molecule has 82 heavy (non-hydrogen) atoms. The number of hydrogen-bond donors (Lipinski definition) is 0. The van der Waals surface area contributed by atoms with Crippen molar-refractivity contribution in [2.24, 2.45) is 0 Å². The Morgan fingerprint density at radius 2 is 0.561 bits per heavy atom. The molecule has 4 nitrogen and oxygen atoms in total. The summed E-state index contributed by atoms with van der Waals surface area (Å²) in [5.41, 5.74) is 26.3. The first-order valence-electron chi connectivity index (χ1n) is 28.8. The molecule has 0 atom stereocenters. The summed E-state index contributed by atoms with van der Waals surface area (Å²) in [7, 11) is 0. The normalized spacial score (nSPS) is 14.0. The van der Waals surface area contributed by atoms with E-state index in [1.807, 2.05) is 0 Å². The van der Waals surface area contributed by atoms with Crippen LogP contribution in [0.2, 0.25) is 0 Å². The van der Waals surface area contributed by atoms with E-state index in [1.54, 1.807) is 0 Å². The molecular weight excluding hydrogens is 993 g/mol. The molecule has 14 rings (SSSR count). The number of hydrogen-bond acceptors (Lipinski definition) is 4. The zero-order valence-corrected chi connectivity index (χ0v) is 46.9. The highest BCUT2D eigenvalue weighted by Gasteiger charge is 2.37. The van der Waals surface area contributed by atoms with Gasteiger partial charge in [0.15, 0.2) is 0 Å². The fourth-order valence-electron chi connectivity index (χ4n) is 13.1. The lowest BCUT2D eigenvalue weighted by atomic mass is 9.82. The molecule has 0 aliphatic heterocycles. The second-order valence-electron chi connectivity index (χ2n) is 22.9. The van der Waals surface area contributed by atoms with E-state index < -0.39 is 0 Å². The molecule has 3 aliphatic carbocycles. The van der Waals surface area contributed by atoms with Gasteiger partial charge >= 0.3 is 0 Å². The van der Waals surface area contributed by atoms with Crippen LogP contribution in [0.5, 0.6) is 0 Å². The van der Waals surface area contributed by atoms with E-state index in [-0.39, 0.29) is 10.8 Å². The summed E-state index contributed by atoms with van der Waals surface area (Å²) >= 11 is 0. The van der Waals surface area contributed by atoms with E-state index >= 15 is 0 Å². The van der Waals surface area contributed by atoms with Crippen molar-refractivity contribution < 1.29 is 0 Å². The Labute approximate surface area is 483 Å². The van der Waals surface area contributed by atoms with Crippen LogP contribution in [-0.4, -0.2) is 0 Å². The Balaban J connectivity index is 0.827. The average molecular weight is 1060 g/mol. The van der Waals surface area contributed by atoms with Gasteiger partial charge in [0.05, 0.1) is 0 Å². The molecule has 0 spiro atoms. The maximum Gasteiger partial charge on any atom is 0.0468 e. The molecule has 11 aromatic rings. The van der Waals surface area contributed by atoms with Crippen LogP contribution in [-0.2, 0) is 10.8 Å². The number of fused-ring (bicyclic) bond motifs is 6. The summed E-state index contributed by atoms with van der Waals surface area (Å²) in [6.45, 7) is 9.40. The fraction of sp³-hybridized carbons (Fsp3) is 0.103. The van der Waals surface area contributed by atoms with Crippen LogP contribution in [0, 0.1) is 0 Å². The van der Waals surface area contributed by atoms with Crippen LogP contribution in [0.3, 0.4) is 0 Å². The summed E-state index contributed by atoms with van der Waals surface area (Å²) in [6, 6.07) is 100. The molecule has 0 heterocycles. The average Bonchev–Trinajstić information content (AvgIpc) is 2.92. The van der Waals surface area contributed by atoms with Crippen molar-refractivity contribution in [1.82, 2.24) is 0 Å². The van der Waals surface area contributed by atoms with Crippen LogP contribution >= 0.6 is 0 Å². The van der Waals surface area contributed by atoms with Crippen LogP contribution in [0.4, 0.5) is 62.6 Å². The Hall–Kier alpha value is -9.90. The highest BCUT2D eigenvalue weighted by atomic mass is 15.2. The van der Waals surface area contributed by atoms with Gasteiger partial charge in [-0.2, -0.15) is 0 Å². The molecule has 0 fully saturated rings. The van der Waals surface area contributed by atoms with Crippen LogP contribution < -0.4 is 19.6 Å². The molecule has 0 amide bonds. The van der Waals surface area contributed by atoms with Crippen LogP contribution in [0.1, 0.15) is 62.8 Å². The summed E-state index contributed by atoms with van der Waals surface area (Å²) in [6.07, 6.45) is 8.71. The number of nitrogens with zero attached hydrogens (tertiary/aromatic N) is 4. The summed E-state index contributed by atoms with van der Waals surface area (Å²) in [4.78, 5) is 9.54. The lowest BCUT2D eigenvalue weighted by Gasteiger charge is -2.30. The summed E-state index contributed by atoms with van der Waals surface area (Å²) < 4.78 is 0. The highest BCUT2D eigenvalue weighted by Crippen LogP contribution is 2.53. The number of para-hydroxylation sites is 3. The van der Waals surface area contributed by atoms with Gasteiger partial charge in [0.1, 0.15) is 0 Å². The summed E-state index contributed by atoms with van der Waals surface area (Å²) in [5.74, 6) is 0. The lowest BCUT2D eigenvalue weighted by molar-refractivity contribution is 0.660. The number of allylic oxidation sites excluding steroid dienone is 4. The number of benzene rings is 11. The smallest absolute Gasteiger partial charge is 0.0468 e. The molecule has 0 radical (unpaired) electrons. The van der Waals surface area contributed by atoms with Gasteiger partial charge in [-0.3, -0.25) is 0 Å². The standard InChI is InChI=1S/C78H64N4/c1-77(2)73-31-19-17-29-69(73)71-53-67(49-51-75(71)77)81(65-45-41-63(42-46-65)79(57-21-9-5-10-22-57)58-23-11-6-12-24-58)61-37-33-55(34-38-61)56-35-39-62(40-36-56)82(68-50-52-76-72(54-68)70-30-18-20-32-74(70)78(76,3)4)66-47-43-64(44-48-66)80(59-25-13-7-14-26-59)60-27-15-8-16-28-60/h5-15,17-27,29-54H,16,28H2,1-4H3. The van der Waals surface area contributed by atoms with Crippen molar-refractivity contribution in [3.05, 3.63) is 319 Å². The number of rotatable bonds is 13. The SMILES string of the molecule is CC1(C)c2ccccc2-c2cc(N(c3ccc(-c4ccc(N(c5ccc(N(c6ccccc6)c6ccccc6)cc5)c5ccc6c(c5)-c5ccccc5C6(C)C)cc4)cc3)c3ccc(N(C4=CC=CCC4)c4ccccc4)cc3)ccc21. The van der Waals surface area contributed by atoms with Gasteiger partial charge in [-0.1, -0.05) is 179 Å². The zero-order chi connectivity index (χ0) is 55.4. The first-order chi connectivity index (χ1) is 40.2. The van der Waals surface area contributed by atoms with Gasteiger partial charge in [-0.05, 0) is 208 Å². The van der Waals surface area contributed by atoms with E-state index in [1.165, 1.54) is 50.2 Å². The van der Waals surface area contributed by atoms with Gasteiger partial charge in [-0.15, -0.1) is 0 Å². The molecule has 396 valence electrons. The third-order valence-corrected chi connectivity index (χ3v) is 17.3. The van der Waals surface area contributed by atoms with Crippen molar-refractivity contribution in [3.8, 4) is 33.4 Å². The Morgan fingerprint density at radius 1 is 0.268 bits per heavy atom. The molecule has 0 aromatic heterocycles. The first kappa shape index (κ1) is 50.3. The lowest BCUT2D eigenvalue weighted by Crippen LogP contribution is -2.17. The quantitative estimate of drug-likeness (QED) is 0.114. The molecule has 0 saturated carbocycles. The third-order valence-electron chi connectivity index (χ3n) is 17.3. The highest BCUT2D eigenvalue weighted by molar-refractivity contribution is 5.90. The number of anilines is 11. The van der Waals surface area contributed by atoms with Crippen LogP contribution in [0.15, 0.2) is 297 Å². The van der Waals surface area contributed by atoms with Gasteiger partial charge in [0.25, 0.3) is 0 Å². The molecule has 4 heteroatoms. The molecule has 0 saturated heterocycles. The van der Waals surface area contributed by atoms with E-state index in [4.69, 9.17) is 0 Å². The molecule has 11 aromatic carbocycles. The Kier molecular flexibility index (Phi) is 12.7. The summed E-state index contributed by atoms with van der Waals surface area (Å²) in [5, 5.41) is 0. The molecule has 3 aliphatic rings. The third kappa shape index (κ3) is 8.88. The van der Waals surface area contributed by atoms with E-state index in [9.17, 15) is 0 Å². The Bertz CT molecular complexity index is 4140. The van der Waals surface area contributed by atoms with E-state index in [2.05, 4.69) is 339 Å². The second kappa shape index (κ2) is 20.6. The minimum absolute atomic E-state index is 0.0861. The van der Waals surface area contributed by atoms with Gasteiger partial charge in [-0.25, -0.2) is 0 Å². The van der Waals surface area contributed by atoms with E-state index in [0.29, 0.717) is 0 Å². The molecule has 0 N–H and O–H groups in total. The Morgan fingerprint density at radius 3 is 0.939 bits per heavy atom. The minimum Gasteiger partial charge on any atom is -0.314 e. The van der Waals surface area contributed by atoms with Gasteiger partial charge in [0.2, 0.25) is 0 Å². The minimum atomic E-state index is -0.0896. The predicted molar refractivity (Wildman–Crippen MR) is 346 cm³/mol. The van der Waals surface area contributed by atoms with Gasteiger partial charge < -0.3 is 19.6 Å². The molecular formula is C78H64N4. The van der Waals surface area contributed by atoms with Crippen molar-refractivity contribution >= 4 is 62.6 Å². The van der Waals surface area contributed by atoms with E-state index in [0.717, 1.165) is 86.5 Å². The first-order valence-corrected chi connectivity index (χ1v) is 28.8. The predicted octanol–water partition coefficient (Wildman–Crippen LogP) is 21.7. The maximum atomic E-state index is 2.42. The van der Waals surface area contributed by atoms with Crippen molar-refractivity contribution in [3.63, 3.8) is 0 Å². The molecule has 0 unspecified atom stereocenters. The zero-order valence-electron chi connectivity index (χ0n) is 46.9. The monoisotopic (exact) mass is 1060 g/mol. The van der Waals surface area contributed by atoms with Crippen molar-refractivity contribution in [1.29, 1.82) is 0 Å². The maximum absolute atomic E-state index is 2.42. The van der Waals surface area contributed by atoms with Gasteiger partial charge in [0, 0.05) is 79.1 Å². The fourth-order valence-corrected chi connectivity index (χ4v) is 13.1. The largest absolute Gasteiger partial charge is 0.314 e. The van der Waals surface area contributed by atoms with Crippen molar-refractivity contribution in [2.75, 3.05) is 19.6 Å². The molecule has 0 bridgehead atoms. The van der Waals surface area contributed by atoms with Crippen molar-refractivity contribution in [2.45, 2.75) is 51.4 Å².